The lowest BCUT2D eigenvalue weighted by Crippen LogP contribution is -2.06. The molecule has 6 nitrogen and oxygen atoms in total. The van der Waals surface area contributed by atoms with E-state index in [1.165, 1.54) is 25.3 Å². The minimum atomic E-state index is -4.18. The van der Waals surface area contributed by atoms with Crippen molar-refractivity contribution in [3.63, 3.8) is 0 Å². The fourth-order valence-corrected chi connectivity index (χ4v) is 3.78. The molecule has 0 aliphatic heterocycles. The van der Waals surface area contributed by atoms with Crippen LogP contribution in [0.2, 0.25) is 0 Å². The SMILES string of the molecule is COc1cc(Br)c(F)cc1-c1cc2[nH]c(=O)cnc2cc1S(=O)(=O)Cl. The number of H-pyrrole nitrogens is 1. The lowest BCUT2D eigenvalue weighted by atomic mass is 10.0. The smallest absolute Gasteiger partial charge is 0.266 e. The lowest BCUT2D eigenvalue weighted by Gasteiger charge is -2.13. The van der Waals surface area contributed by atoms with E-state index in [0.29, 0.717) is 0 Å². The van der Waals surface area contributed by atoms with Crippen LogP contribution in [0.4, 0.5) is 4.39 Å². The predicted octanol–water partition coefficient (Wildman–Crippen LogP) is 3.43. The summed E-state index contributed by atoms with van der Waals surface area (Å²) in [6.45, 7) is 0. The van der Waals surface area contributed by atoms with Crippen LogP contribution in [0.5, 0.6) is 5.75 Å². The Kier molecular flexibility index (Phi) is 4.56. The number of aromatic nitrogens is 2. The molecule has 3 aromatic rings. The first-order chi connectivity index (χ1) is 11.7. The molecule has 0 aliphatic rings. The summed E-state index contributed by atoms with van der Waals surface area (Å²) in [5.41, 5.74) is 0.272. The summed E-state index contributed by atoms with van der Waals surface area (Å²) in [6, 6.07) is 5.06. The summed E-state index contributed by atoms with van der Waals surface area (Å²) in [5.74, 6) is -0.395. The van der Waals surface area contributed by atoms with Crippen molar-refractivity contribution in [1.29, 1.82) is 0 Å². The lowest BCUT2D eigenvalue weighted by molar-refractivity contribution is 0.415. The maximum atomic E-state index is 14.0. The first kappa shape index (κ1) is 17.8. The molecule has 0 saturated carbocycles. The van der Waals surface area contributed by atoms with E-state index in [4.69, 9.17) is 15.4 Å². The maximum Gasteiger partial charge on any atom is 0.266 e. The van der Waals surface area contributed by atoms with Gasteiger partial charge in [0.1, 0.15) is 11.6 Å². The van der Waals surface area contributed by atoms with Crippen molar-refractivity contribution in [2.24, 2.45) is 0 Å². The molecule has 0 spiro atoms. The minimum Gasteiger partial charge on any atom is -0.496 e. The van der Waals surface area contributed by atoms with Gasteiger partial charge in [-0.25, -0.2) is 17.8 Å². The molecule has 0 aliphatic carbocycles. The molecule has 0 amide bonds. The van der Waals surface area contributed by atoms with Gasteiger partial charge in [0.2, 0.25) is 0 Å². The molecular formula is C15H9BrClFN2O4S. The summed E-state index contributed by atoms with van der Waals surface area (Å²) in [4.78, 5) is 17.6. The van der Waals surface area contributed by atoms with E-state index >= 15 is 0 Å². The molecule has 0 bridgehead atoms. The van der Waals surface area contributed by atoms with Gasteiger partial charge in [-0.2, -0.15) is 0 Å². The van der Waals surface area contributed by atoms with Gasteiger partial charge in [0.25, 0.3) is 14.6 Å². The number of hydrogen-bond acceptors (Lipinski definition) is 5. The van der Waals surface area contributed by atoms with Gasteiger partial charge in [0.05, 0.1) is 33.7 Å². The Balaban J connectivity index is 2.46. The largest absolute Gasteiger partial charge is 0.496 e. The number of fused-ring (bicyclic) bond motifs is 1. The zero-order chi connectivity index (χ0) is 18.4. The Morgan fingerprint density at radius 3 is 2.60 bits per heavy atom. The zero-order valence-electron chi connectivity index (χ0n) is 12.5. The van der Waals surface area contributed by atoms with Gasteiger partial charge < -0.3 is 9.72 Å². The average Bonchev–Trinajstić information content (AvgIpc) is 2.54. The molecule has 10 heteroatoms. The summed E-state index contributed by atoms with van der Waals surface area (Å²) in [5, 5.41) is 0. The van der Waals surface area contributed by atoms with Gasteiger partial charge in [-0.3, -0.25) is 4.79 Å². The second-order valence-electron chi connectivity index (χ2n) is 5.02. The summed E-state index contributed by atoms with van der Waals surface area (Å²) in [6.07, 6.45) is 1.02. The highest BCUT2D eigenvalue weighted by Gasteiger charge is 2.22. The average molecular weight is 448 g/mol. The molecule has 2 aromatic carbocycles. The molecule has 1 heterocycles. The van der Waals surface area contributed by atoms with Crippen molar-refractivity contribution >= 4 is 46.7 Å². The molecule has 130 valence electrons. The fourth-order valence-electron chi connectivity index (χ4n) is 2.39. The Labute approximate surface area is 154 Å². The Morgan fingerprint density at radius 2 is 1.96 bits per heavy atom. The van der Waals surface area contributed by atoms with E-state index in [-0.39, 0.29) is 37.3 Å². The second-order valence-corrected chi connectivity index (χ2v) is 8.41. The van der Waals surface area contributed by atoms with Crippen molar-refractivity contribution in [3.8, 4) is 16.9 Å². The number of benzene rings is 2. The van der Waals surface area contributed by atoms with Crippen molar-refractivity contribution in [3.05, 3.63) is 51.1 Å². The standard InChI is InChI=1S/C15H9BrClFN2O4S/c1-24-13-4-9(16)10(18)2-7(13)8-3-12-11(19-6-15(21)20-12)5-14(8)25(17,22)23/h2-6H,1H3,(H,20,21). The van der Waals surface area contributed by atoms with Crippen LogP contribution in [0.1, 0.15) is 0 Å². The van der Waals surface area contributed by atoms with Crippen LogP contribution in [0.3, 0.4) is 0 Å². The van der Waals surface area contributed by atoms with Crippen LogP contribution in [-0.2, 0) is 9.05 Å². The number of nitrogens with one attached hydrogen (secondary N) is 1. The molecule has 0 unspecified atom stereocenters. The summed E-state index contributed by atoms with van der Waals surface area (Å²) < 4.78 is 43.4. The monoisotopic (exact) mass is 446 g/mol. The van der Waals surface area contributed by atoms with Crippen LogP contribution in [0.15, 0.2) is 44.6 Å². The molecule has 25 heavy (non-hydrogen) atoms. The van der Waals surface area contributed by atoms with Gasteiger partial charge in [0, 0.05) is 21.8 Å². The highest BCUT2D eigenvalue weighted by Crippen LogP contribution is 2.39. The third kappa shape index (κ3) is 3.39. The van der Waals surface area contributed by atoms with Crippen LogP contribution < -0.4 is 10.3 Å². The van der Waals surface area contributed by atoms with E-state index < -0.39 is 20.4 Å². The van der Waals surface area contributed by atoms with Crippen molar-refractivity contribution in [2.45, 2.75) is 4.90 Å². The first-order valence-corrected chi connectivity index (χ1v) is 9.82. The third-order valence-corrected chi connectivity index (χ3v) is 5.44. The number of nitrogens with zero attached hydrogens (tertiary/aromatic N) is 1. The molecular weight excluding hydrogens is 439 g/mol. The number of hydrogen-bond donors (Lipinski definition) is 1. The van der Waals surface area contributed by atoms with Crippen LogP contribution in [0.25, 0.3) is 22.2 Å². The fraction of sp³-hybridized carbons (Fsp3) is 0.0667. The van der Waals surface area contributed by atoms with E-state index in [2.05, 4.69) is 25.9 Å². The van der Waals surface area contributed by atoms with Crippen LogP contribution in [-0.4, -0.2) is 25.5 Å². The topological polar surface area (TPSA) is 89.1 Å². The van der Waals surface area contributed by atoms with E-state index in [1.54, 1.807) is 0 Å². The first-order valence-electron chi connectivity index (χ1n) is 6.72. The molecule has 0 atom stereocenters. The number of ether oxygens (including phenoxy) is 1. The zero-order valence-corrected chi connectivity index (χ0v) is 15.7. The Bertz CT molecular complexity index is 1160. The summed E-state index contributed by atoms with van der Waals surface area (Å²) >= 11 is 3.04. The number of methoxy groups -OCH3 is 1. The quantitative estimate of drug-likeness (QED) is 0.621. The number of aromatic amines is 1. The predicted molar refractivity (Wildman–Crippen MR) is 95.0 cm³/mol. The van der Waals surface area contributed by atoms with Gasteiger partial charge in [-0.05, 0) is 40.2 Å². The molecule has 0 fully saturated rings. The van der Waals surface area contributed by atoms with Crippen molar-refractivity contribution < 1.29 is 17.5 Å². The number of halogens is 3. The molecule has 0 radical (unpaired) electrons. The van der Waals surface area contributed by atoms with Gasteiger partial charge in [-0.1, -0.05) is 0 Å². The third-order valence-electron chi connectivity index (χ3n) is 3.47. The van der Waals surface area contributed by atoms with Crippen molar-refractivity contribution in [1.82, 2.24) is 9.97 Å². The van der Waals surface area contributed by atoms with Crippen LogP contribution >= 0.6 is 26.6 Å². The maximum absolute atomic E-state index is 14.0. The van der Waals surface area contributed by atoms with Gasteiger partial charge in [-0.15, -0.1) is 0 Å². The van der Waals surface area contributed by atoms with Crippen LogP contribution in [0, 0.1) is 5.82 Å². The van der Waals surface area contributed by atoms with Crippen molar-refractivity contribution in [2.75, 3.05) is 7.11 Å². The van der Waals surface area contributed by atoms with E-state index in [1.807, 2.05) is 0 Å². The summed E-state index contributed by atoms with van der Waals surface area (Å²) in [7, 11) is 2.72. The molecule has 3 rings (SSSR count). The second kappa shape index (κ2) is 6.40. The molecule has 1 aromatic heterocycles. The highest BCUT2D eigenvalue weighted by molar-refractivity contribution is 9.10. The van der Waals surface area contributed by atoms with E-state index in [0.717, 1.165) is 12.3 Å². The number of rotatable bonds is 3. The Hall–Kier alpha value is -1.97. The minimum absolute atomic E-state index is 0.0781. The van der Waals surface area contributed by atoms with E-state index in [9.17, 15) is 17.6 Å². The highest BCUT2D eigenvalue weighted by atomic mass is 79.9. The Morgan fingerprint density at radius 1 is 1.24 bits per heavy atom. The molecule has 1 N–H and O–H groups in total. The van der Waals surface area contributed by atoms with Gasteiger partial charge >= 0.3 is 0 Å². The molecule has 0 saturated heterocycles. The van der Waals surface area contributed by atoms with Gasteiger partial charge in [0.15, 0.2) is 0 Å². The normalized spacial score (nSPS) is 11.7.